The van der Waals surface area contributed by atoms with Crippen molar-refractivity contribution >= 4 is 27.8 Å². The van der Waals surface area contributed by atoms with Gasteiger partial charge in [0, 0.05) is 4.47 Å². The number of halogens is 1. The van der Waals surface area contributed by atoms with Crippen LogP contribution < -0.4 is 5.32 Å². The van der Waals surface area contributed by atoms with Gasteiger partial charge in [0.1, 0.15) is 11.6 Å². The van der Waals surface area contributed by atoms with Gasteiger partial charge < -0.3 is 10.1 Å². The van der Waals surface area contributed by atoms with Gasteiger partial charge in [0.25, 0.3) is 0 Å². The van der Waals surface area contributed by atoms with Crippen molar-refractivity contribution in [2.24, 2.45) is 0 Å². The predicted octanol–water partition coefficient (Wildman–Crippen LogP) is 2.84. The Labute approximate surface area is 128 Å². The number of nitrogens with one attached hydrogen (secondary N) is 1. The molecule has 0 heterocycles. The second-order valence-electron chi connectivity index (χ2n) is 5.63. The van der Waals surface area contributed by atoms with Crippen molar-refractivity contribution in [1.29, 1.82) is 0 Å². The van der Waals surface area contributed by atoms with Crippen LogP contribution in [0.25, 0.3) is 0 Å². The summed E-state index contributed by atoms with van der Waals surface area (Å²) in [6.07, 6.45) is 0.229. The van der Waals surface area contributed by atoms with E-state index in [-0.39, 0.29) is 12.3 Å². The Hall–Kier alpha value is -1.36. The van der Waals surface area contributed by atoms with Gasteiger partial charge in [-0.05, 0) is 45.4 Å². The molecule has 0 spiro atoms. The molecule has 1 N–H and O–H groups in total. The molecular formula is C15H20BrNO3. The first-order valence-electron chi connectivity index (χ1n) is 6.44. The standard InChI is InChI=1S/C15H20BrNO3/c1-10(14(19)20-15(2,3)4)17-13(18)9-11-6-5-7-12(16)8-11/h5-8,10H,9H2,1-4H3,(H,17,18)/t10-/m0/s1. The van der Waals surface area contributed by atoms with Crippen LogP contribution in [0.4, 0.5) is 0 Å². The van der Waals surface area contributed by atoms with Gasteiger partial charge >= 0.3 is 5.97 Å². The van der Waals surface area contributed by atoms with Crippen LogP contribution in [0.2, 0.25) is 0 Å². The largest absolute Gasteiger partial charge is 0.458 e. The summed E-state index contributed by atoms with van der Waals surface area (Å²) in [5.41, 5.74) is 0.327. The highest BCUT2D eigenvalue weighted by Gasteiger charge is 2.22. The molecule has 0 aromatic heterocycles. The van der Waals surface area contributed by atoms with E-state index >= 15 is 0 Å². The van der Waals surface area contributed by atoms with Gasteiger partial charge in [0.2, 0.25) is 5.91 Å². The molecule has 5 heteroatoms. The highest BCUT2D eigenvalue weighted by Crippen LogP contribution is 2.12. The van der Waals surface area contributed by atoms with E-state index in [2.05, 4.69) is 21.2 Å². The third-order valence-electron chi connectivity index (χ3n) is 2.39. The molecule has 0 aliphatic carbocycles. The Kier molecular flexibility index (Phi) is 5.74. The molecule has 110 valence electrons. The highest BCUT2D eigenvalue weighted by molar-refractivity contribution is 9.10. The third kappa shape index (κ3) is 6.19. The molecule has 1 amide bonds. The van der Waals surface area contributed by atoms with E-state index in [1.54, 1.807) is 27.7 Å². The molecule has 20 heavy (non-hydrogen) atoms. The van der Waals surface area contributed by atoms with E-state index in [1.807, 2.05) is 24.3 Å². The van der Waals surface area contributed by atoms with Crippen LogP contribution in [-0.2, 0) is 20.7 Å². The lowest BCUT2D eigenvalue weighted by Gasteiger charge is -2.22. The maximum atomic E-state index is 11.9. The first-order valence-corrected chi connectivity index (χ1v) is 7.23. The fourth-order valence-corrected chi connectivity index (χ4v) is 2.02. The minimum atomic E-state index is -0.658. The van der Waals surface area contributed by atoms with Gasteiger partial charge in [-0.3, -0.25) is 4.79 Å². The van der Waals surface area contributed by atoms with Crippen LogP contribution in [0.3, 0.4) is 0 Å². The summed E-state index contributed by atoms with van der Waals surface area (Å²) in [5.74, 6) is -0.637. The minimum Gasteiger partial charge on any atom is -0.458 e. The van der Waals surface area contributed by atoms with E-state index in [0.29, 0.717) is 0 Å². The normalized spacial score (nSPS) is 12.7. The van der Waals surface area contributed by atoms with Crippen molar-refractivity contribution in [3.8, 4) is 0 Å². The zero-order valence-corrected chi connectivity index (χ0v) is 13.8. The summed E-state index contributed by atoms with van der Waals surface area (Å²) in [7, 11) is 0. The Morgan fingerprint density at radius 2 is 2.00 bits per heavy atom. The average Bonchev–Trinajstić information content (AvgIpc) is 2.26. The fourth-order valence-electron chi connectivity index (χ4n) is 1.57. The molecule has 0 fully saturated rings. The van der Waals surface area contributed by atoms with Crippen LogP contribution in [0.1, 0.15) is 33.3 Å². The minimum absolute atomic E-state index is 0.207. The number of hydrogen-bond acceptors (Lipinski definition) is 3. The SMILES string of the molecule is C[C@H](NC(=O)Cc1cccc(Br)c1)C(=O)OC(C)(C)C. The average molecular weight is 342 g/mol. The van der Waals surface area contributed by atoms with Crippen LogP contribution >= 0.6 is 15.9 Å². The van der Waals surface area contributed by atoms with Crippen LogP contribution in [0.15, 0.2) is 28.7 Å². The molecule has 0 saturated carbocycles. The smallest absolute Gasteiger partial charge is 0.328 e. The molecule has 0 bridgehead atoms. The van der Waals surface area contributed by atoms with Crippen LogP contribution in [0, 0.1) is 0 Å². The molecule has 0 aliphatic rings. The number of esters is 1. The molecule has 1 rings (SSSR count). The highest BCUT2D eigenvalue weighted by atomic mass is 79.9. The van der Waals surface area contributed by atoms with Gasteiger partial charge in [-0.2, -0.15) is 0 Å². The lowest BCUT2D eigenvalue weighted by atomic mass is 10.1. The molecule has 4 nitrogen and oxygen atoms in total. The van der Waals surface area contributed by atoms with Gasteiger partial charge in [-0.1, -0.05) is 28.1 Å². The summed E-state index contributed by atoms with van der Waals surface area (Å²) < 4.78 is 6.13. The number of carbonyl (C=O) groups excluding carboxylic acids is 2. The van der Waals surface area contributed by atoms with Crippen LogP contribution in [-0.4, -0.2) is 23.5 Å². The molecular weight excluding hydrogens is 322 g/mol. The van der Waals surface area contributed by atoms with E-state index in [1.165, 1.54) is 0 Å². The molecule has 0 unspecified atom stereocenters. The summed E-state index contributed by atoms with van der Waals surface area (Å²) in [6.45, 7) is 7.00. The third-order valence-corrected chi connectivity index (χ3v) is 2.88. The number of benzene rings is 1. The summed E-state index contributed by atoms with van der Waals surface area (Å²) >= 11 is 3.35. The predicted molar refractivity (Wildman–Crippen MR) is 81.3 cm³/mol. The zero-order valence-electron chi connectivity index (χ0n) is 12.2. The maximum Gasteiger partial charge on any atom is 0.328 e. The van der Waals surface area contributed by atoms with Crippen molar-refractivity contribution in [2.45, 2.75) is 45.8 Å². The molecule has 0 radical (unpaired) electrons. The summed E-state index contributed by atoms with van der Waals surface area (Å²) in [6, 6.07) is 6.84. The lowest BCUT2D eigenvalue weighted by molar-refractivity contribution is -0.158. The van der Waals surface area contributed by atoms with Gasteiger partial charge in [-0.25, -0.2) is 4.79 Å². The van der Waals surface area contributed by atoms with E-state index in [4.69, 9.17) is 4.74 Å². The number of ether oxygens (including phenoxy) is 1. The lowest BCUT2D eigenvalue weighted by Crippen LogP contribution is -2.42. The Bertz CT molecular complexity index is 494. The Morgan fingerprint density at radius 3 is 2.55 bits per heavy atom. The van der Waals surface area contributed by atoms with Crippen molar-refractivity contribution in [3.63, 3.8) is 0 Å². The number of hydrogen-bond donors (Lipinski definition) is 1. The van der Waals surface area contributed by atoms with E-state index < -0.39 is 17.6 Å². The van der Waals surface area contributed by atoms with Crippen LogP contribution in [0.5, 0.6) is 0 Å². The zero-order chi connectivity index (χ0) is 15.3. The topological polar surface area (TPSA) is 55.4 Å². The van der Waals surface area contributed by atoms with Gasteiger partial charge in [0.15, 0.2) is 0 Å². The van der Waals surface area contributed by atoms with Gasteiger partial charge in [0.05, 0.1) is 6.42 Å². The van der Waals surface area contributed by atoms with E-state index in [0.717, 1.165) is 10.0 Å². The van der Waals surface area contributed by atoms with Crippen molar-refractivity contribution in [3.05, 3.63) is 34.3 Å². The maximum absolute atomic E-state index is 11.9. The molecule has 1 aromatic carbocycles. The second-order valence-corrected chi connectivity index (χ2v) is 6.55. The first kappa shape index (κ1) is 16.7. The summed E-state index contributed by atoms with van der Waals surface area (Å²) in [4.78, 5) is 23.6. The van der Waals surface area contributed by atoms with Crippen molar-refractivity contribution in [1.82, 2.24) is 5.32 Å². The molecule has 1 aromatic rings. The van der Waals surface area contributed by atoms with Crippen molar-refractivity contribution < 1.29 is 14.3 Å². The monoisotopic (exact) mass is 341 g/mol. The summed E-state index contributed by atoms with van der Waals surface area (Å²) in [5, 5.41) is 2.64. The Morgan fingerprint density at radius 1 is 1.35 bits per heavy atom. The molecule has 0 aliphatic heterocycles. The van der Waals surface area contributed by atoms with E-state index in [9.17, 15) is 9.59 Å². The Balaban J connectivity index is 2.52. The number of rotatable bonds is 4. The van der Waals surface area contributed by atoms with Crippen molar-refractivity contribution in [2.75, 3.05) is 0 Å². The molecule has 0 saturated heterocycles. The quantitative estimate of drug-likeness (QED) is 0.856. The number of carbonyl (C=O) groups is 2. The molecule has 1 atom stereocenters. The van der Waals surface area contributed by atoms with Gasteiger partial charge in [-0.15, -0.1) is 0 Å². The fraction of sp³-hybridized carbons (Fsp3) is 0.467. The number of amides is 1. The first-order chi connectivity index (χ1) is 9.17. The second kappa shape index (κ2) is 6.88.